The zero-order chi connectivity index (χ0) is 13.4. The zero-order valence-electron chi connectivity index (χ0n) is 10.8. The highest BCUT2D eigenvalue weighted by atomic mass is 14.6. The molecule has 0 saturated carbocycles. The van der Waals surface area contributed by atoms with Crippen molar-refractivity contribution in [1.82, 2.24) is 9.97 Å². The van der Waals surface area contributed by atoms with E-state index in [4.69, 9.17) is 0 Å². The summed E-state index contributed by atoms with van der Waals surface area (Å²) in [7, 11) is 0. The Morgan fingerprint density at radius 2 is 1.55 bits per heavy atom. The lowest BCUT2D eigenvalue weighted by molar-refractivity contribution is 1.36. The number of para-hydroxylation sites is 1. The maximum absolute atomic E-state index is 4.53. The molecule has 0 aliphatic carbocycles. The molecule has 0 aliphatic heterocycles. The van der Waals surface area contributed by atoms with Crippen LogP contribution in [0, 0.1) is 0 Å². The second kappa shape index (κ2) is 4.42. The van der Waals surface area contributed by atoms with Gasteiger partial charge in [0.1, 0.15) is 0 Å². The van der Waals surface area contributed by atoms with Crippen molar-refractivity contribution < 1.29 is 0 Å². The van der Waals surface area contributed by atoms with E-state index in [9.17, 15) is 0 Å². The van der Waals surface area contributed by atoms with E-state index >= 15 is 0 Å². The summed E-state index contributed by atoms with van der Waals surface area (Å²) < 4.78 is 0. The van der Waals surface area contributed by atoms with Crippen molar-refractivity contribution in [3.63, 3.8) is 0 Å². The molecule has 0 radical (unpaired) electrons. The summed E-state index contributed by atoms with van der Waals surface area (Å²) >= 11 is 0. The number of fused-ring (bicyclic) bond motifs is 2. The highest BCUT2D eigenvalue weighted by Crippen LogP contribution is 2.25. The third-order valence-corrected chi connectivity index (χ3v) is 3.56. The molecule has 2 heteroatoms. The summed E-state index contributed by atoms with van der Waals surface area (Å²) in [5.74, 6) is 0. The minimum absolute atomic E-state index is 1.03. The van der Waals surface area contributed by atoms with Crippen molar-refractivity contribution in [2.45, 2.75) is 0 Å². The van der Waals surface area contributed by atoms with Gasteiger partial charge in [0.15, 0.2) is 0 Å². The fourth-order valence-corrected chi connectivity index (χ4v) is 2.49. The smallest absolute Gasteiger partial charge is 0.0702 e. The zero-order valence-corrected chi connectivity index (χ0v) is 10.8. The van der Waals surface area contributed by atoms with Gasteiger partial charge in [-0.15, -0.1) is 0 Å². The predicted molar refractivity (Wildman–Crippen MR) is 82.5 cm³/mol. The lowest BCUT2D eigenvalue weighted by Gasteiger charge is -2.05. The normalized spacial score (nSPS) is 11.0. The number of hydrogen-bond acceptors (Lipinski definition) is 2. The van der Waals surface area contributed by atoms with Crippen LogP contribution in [0.4, 0.5) is 0 Å². The summed E-state index contributed by atoms with van der Waals surface area (Å²) in [6.07, 6.45) is 5.65. The Balaban J connectivity index is 1.91. The van der Waals surface area contributed by atoms with Gasteiger partial charge < -0.3 is 0 Å². The first kappa shape index (κ1) is 11.1. The van der Waals surface area contributed by atoms with E-state index < -0.39 is 0 Å². The number of aromatic nitrogens is 2. The van der Waals surface area contributed by atoms with E-state index in [-0.39, 0.29) is 0 Å². The van der Waals surface area contributed by atoms with Crippen molar-refractivity contribution in [2.75, 3.05) is 0 Å². The second-order valence-electron chi connectivity index (χ2n) is 4.85. The van der Waals surface area contributed by atoms with Crippen LogP contribution in [0.5, 0.6) is 0 Å². The maximum Gasteiger partial charge on any atom is 0.0702 e. The Hall–Kier alpha value is -2.74. The quantitative estimate of drug-likeness (QED) is 0.503. The van der Waals surface area contributed by atoms with Crippen LogP contribution in [0.1, 0.15) is 0 Å². The van der Waals surface area contributed by atoms with Crippen molar-refractivity contribution >= 4 is 21.7 Å². The van der Waals surface area contributed by atoms with Gasteiger partial charge in [0, 0.05) is 34.9 Å². The highest BCUT2D eigenvalue weighted by Gasteiger charge is 2.02. The van der Waals surface area contributed by atoms with Crippen molar-refractivity contribution in [2.24, 2.45) is 0 Å². The van der Waals surface area contributed by atoms with Gasteiger partial charge in [-0.25, -0.2) is 0 Å². The molecular weight excluding hydrogens is 244 g/mol. The minimum atomic E-state index is 1.03. The lowest BCUT2D eigenvalue weighted by Crippen LogP contribution is -1.83. The average molecular weight is 256 g/mol. The molecule has 0 atom stereocenters. The summed E-state index contributed by atoms with van der Waals surface area (Å²) in [6, 6.07) is 18.8. The van der Waals surface area contributed by atoms with Crippen LogP contribution in [0.25, 0.3) is 32.8 Å². The Kier molecular flexibility index (Phi) is 2.46. The van der Waals surface area contributed by atoms with Crippen LogP contribution >= 0.6 is 0 Å². The Labute approximate surface area is 116 Å². The SMILES string of the molecule is c1ccc2ncc(-c3ccc4cnccc4c3)cc2c1. The lowest BCUT2D eigenvalue weighted by atomic mass is 10.0. The van der Waals surface area contributed by atoms with E-state index in [0.29, 0.717) is 0 Å². The fourth-order valence-electron chi connectivity index (χ4n) is 2.49. The molecule has 0 saturated heterocycles. The Morgan fingerprint density at radius 1 is 0.650 bits per heavy atom. The minimum Gasteiger partial charge on any atom is -0.264 e. The van der Waals surface area contributed by atoms with Gasteiger partial charge in [0.05, 0.1) is 5.52 Å². The summed E-state index contributed by atoms with van der Waals surface area (Å²) in [6.45, 7) is 0. The van der Waals surface area contributed by atoms with Gasteiger partial charge >= 0.3 is 0 Å². The van der Waals surface area contributed by atoms with Gasteiger partial charge in [-0.05, 0) is 35.2 Å². The van der Waals surface area contributed by atoms with Crippen molar-refractivity contribution in [1.29, 1.82) is 0 Å². The van der Waals surface area contributed by atoms with E-state index in [1.807, 2.05) is 42.9 Å². The molecule has 2 aromatic heterocycles. The molecule has 0 bridgehead atoms. The Morgan fingerprint density at radius 3 is 2.55 bits per heavy atom. The van der Waals surface area contributed by atoms with Gasteiger partial charge in [0.25, 0.3) is 0 Å². The fraction of sp³-hybridized carbons (Fsp3) is 0. The predicted octanol–water partition coefficient (Wildman–Crippen LogP) is 4.45. The molecule has 0 unspecified atom stereocenters. The van der Waals surface area contributed by atoms with Gasteiger partial charge in [-0.2, -0.15) is 0 Å². The molecule has 2 heterocycles. The molecule has 20 heavy (non-hydrogen) atoms. The second-order valence-corrected chi connectivity index (χ2v) is 4.85. The first-order chi connectivity index (χ1) is 9.90. The molecule has 0 fully saturated rings. The molecule has 4 rings (SSSR count). The number of pyridine rings is 2. The first-order valence-corrected chi connectivity index (χ1v) is 6.59. The summed E-state index contributed by atoms with van der Waals surface area (Å²) in [5.41, 5.74) is 3.35. The topological polar surface area (TPSA) is 25.8 Å². The van der Waals surface area contributed by atoms with Gasteiger partial charge in [-0.1, -0.05) is 30.3 Å². The molecule has 94 valence electrons. The van der Waals surface area contributed by atoms with Crippen LogP contribution < -0.4 is 0 Å². The Bertz CT molecular complexity index is 836. The van der Waals surface area contributed by atoms with Crippen molar-refractivity contribution in [3.05, 3.63) is 73.2 Å². The van der Waals surface area contributed by atoms with Crippen molar-refractivity contribution in [3.8, 4) is 11.1 Å². The first-order valence-electron chi connectivity index (χ1n) is 6.59. The van der Waals surface area contributed by atoms with Crippen LogP contribution in [-0.2, 0) is 0 Å². The molecule has 0 N–H and O–H groups in total. The monoisotopic (exact) mass is 256 g/mol. The number of hydrogen-bond donors (Lipinski definition) is 0. The van der Waals surface area contributed by atoms with Crippen LogP contribution in [-0.4, -0.2) is 9.97 Å². The molecular formula is C18H12N2. The van der Waals surface area contributed by atoms with E-state index in [0.717, 1.165) is 16.5 Å². The molecule has 4 aromatic rings. The highest BCUT2D eigenvalue weighted by molar-refractivity contribution is 5.89. The summed E-state index contributed by atoms with van der Waals surface area (Å²) in [4.78, 5) is 8.67. The molecule has 0 aliphatic rings. The summed E-state index contributed by atoms with van der Waals surface area (Å²) in [5, 5.41) is 3.52. The molecule has 0 amide bonds. The van der Waals surface area contributed by atoms with Crippen LogP contribution in [0.2, 0.25) is 0 Å². The molecule has 2 nitrogen and oxygen atoms in total. The van der Waals surface area contributed by atoms with E-state index in [2.05, 4.69) is 40.3 Å². The largest absolute Gasteiger partial charge is 0.264 e. The number of nitrogens with zero attached hydrogens (tertiary/aromatic N) is 2. The standard InChI is InChI=1S/C18H12N2/c1-2-4-18-15(3-1)10-17(12-20-18)13-5-6-16-11-19-8-7-14(16)9-13/h1-12H. The van der Waals surface area contributed by atoms with Gasteiger partial charge in [-0.3, -0.25) is 9.97 Å². The average Bonchev–Trinajstić information content (AvgIpc) is 2.54. The van der Waals surface area contributed by atoms with Gasteiger partial charge in [0.2, 0.25) is 0 Å². The van der Waals surface area contributed by atoms with E-state index in [1.165, 1.54) is 16.3 Å². The van der Waals surface area contributed by atoms with Crippen LogP contribution in [0.3, 0.4) is 0 Å². The third-order valence-electron chi connectivity index (χ3n) is 3.56. The molecule has 2 aromatic carbocycles. The molecule has 0 spiro atoms. The van der Waals surface area contributed by atoms with Crippen LogP contribution in [0.15, 0.2) is 73.2 Å². The number of benzene rings is 2. The number of rotatable bonds is 1. The van der Waals surface area contributed by atoms with E-state index in [1.54, 1.807) is 0 Å². The third kappa shape index (κ3) is 1.82. The maximum atomic E-state index is 4.53.